The number of hydrogen-bond donors (Lipinski definition) is 1. The molecule has 0 unspecified atom stereocenters. The summed E-state index contributed by atoms with van der Waals surface area (Å²) in [6.07, 6.45) is 16.5. The van der Waals surface area contributed by atoms with Crippen LogP contribution in [0.5, 0.6) is 0 Å². The molecule has 1 rings (SSSR count). The summed E-state index contributed by atoms with van der Waals surface area (Å²) in [4.78, 5) is 9.00. The molecular weight excluding hydrogens is 300 g/mol. The maximum atomic E-state index is 9.00. The molecule has 1 N–H and O–H groups in total. The van der Waals surface area contributed by atoms with Crippen LogP contribution in [0, 0.1) is 0 Å². The van der Waals surface area contributed by atoms with Crippen molar-refractivity contribution in [3.63, 3.8) is 0 Å². The lowest BCUT2D eigenvalue weighted by atomic mass is 10.1. The molecule has 1 aliphatic carbocycles. The standard InChI is InChI=1S/C11H22.C3H10O3Si.C2H4O2/c1-2-4-6-8-10-11-9-7-5-3-1;1-4-7(5-2)6-3;1-2(3)4/h1-11H2;7H,1-3H3;1H3,(H,3,4). The Morgan fingerprint density at radius 1 is 0.682 bits per heavy atom. The highest BCUT2D eigenvalue weighted by Crippen LogP contribution is 2.15. The molecular formula is C16H36O5Si. The Bertz CT molecular complexity index is 175. The van der Waals surface area contributed by atoms with E-state index in [0.29, 0.717) is 0 Å². The molecule has 0 aromatic rings. The highest BCUT2D eigenvalue weighted by atomic mass is 28.3. The first-order valence-corrected chi connectivity index (χ1v) is 9.77. The first kappa shape index (κ1) is 23.8. The summed E-state index contributed by atoms with van der Waals surface area (Å²) >= 11 is 0. The van der Waals surface area contributed by atoms with E-state index in [4.69, 9.17) is 23.2 Å². The van der Waals surface area contributed by atoms with E-state index in [0.717, 1.165) is 6.92 Å². The van der Waals surface area contributed by atoms with E-state index in [1.165, 1.54) is 70.6 Å². The van der Waals surface area contributed by atoms with Crippen LogP contribution in [0.1, 0.15) is 77.6 Å². The maximum Gasteiger partial charge on any atom is 0.483 e. The fraction of sp³-hybridized carbons (Fsp3) is 0.938. The number of aliphatic carboxylic acids is 1. The fourth-order valence-electron chi connectivity index (χ4n) is 2.23. The third-order valence-corrected chi connectivity index (χ3v) is 4.48. The molecule has 0 atom stereocenters. The minimum absolute atomic E-state index is 0.833. The van der Waals surface area contributed by atoms with Gasteiger partial charge < -0.3 is 18.4 Å². The second-order valence-corrected chi connectivity index (χ2v) is 7.40. The minimum atomic E-state index is -1.67. The normalized spacial score (nSPS) is 16.4. The predicted molar refractivity (Wildman–Crippen MR) is 92.3 cm³/mol. The zero-order chi connectivity index (χ0) is 17.1. The molecule has 1 saturated carbocycles. The molecule has 0 aromatic carbocycles. The van der Waals surface area contributed by atoms with Gasteiger partial charge in [0.05, 0.1) is 0 Å². The molecule has 22 heavy (non-hydrogen) atoms. The number of carboxylic acids is 1. The molecule has 5 nitrogen and oxygen atoms in total. The van der Waals surface area contributed by atoms with E-state index in [-0.39, 0.29) is 0 Å². The van der Waals surface area contributed by atoms with Crippen molar-refractivity contribution >= 4 is 15.5 Å². The van der Waals surface area contributed by atoms with Gasteiger partial charge in [-0.1, -0.05) is 70.6 Å². The zero-order valence-corrected chi connectivity index (χ0v) is 16.1. The van der Waals surface area contributed by atoms with Gasteiger partial charge in [0.1, 0.15) is 0 Å². The lowest BCUT2D eigenvalue weighted by Crippen LogP contribution is -2.21. The maximum absolute atomic E-state index is 9.00. The van der Waals surface area contributed by atoms with Crippen molar-refractivity contribution in [3.05, 3.63) is 0 Å². The van der Waals surface area contributed by atoms with Crippen LogP contribution < -0.4 is 0 Å². The largest absolute Gasteiger partial charge is 0.483 e. The Morgan fingerprint density at radius 3 is 0.864 bits per heavy atom. The summed E-state index contributed by atoms with van der Waals surface area (Å²) < 4.78 is 14.2. The van der Waals surface area contributed by atoms with Crippen LogP contribution in [-0.4, -0.2) is 41.9 Å². The van der Waals surface area contributed by atoms with Crippen LogP contribution in [0.25, 0.3) is 0 Å². The minimum Gasteiger partial charge on any atom is -0.481 e. The van der Waals surface area contributed by atoms with Crippen molar-refractivity contribution in [3.8, 4) is 0 Å². The summed E-state index contributed by atoms with van der Waals surface area (Å²) in [5, 5.41) is 7.42. The number of carbonyl (C=O) groups is 1. The molecule has 1 fully saturated rings. The van der Waals surface area contributed by atoms with Gasteiger partial charge >= 0.3 is 9.53 Å². The summed E-state index contributed by atoms with van der Waals surface area (Å²) in [7, 11) is 3.05. The average molecular weight is 337 g/mol. The van der Waals surface area contributed by atoms with Crippen molar-refractivity contribution in [1.29, 1.82) is 0 Å². The number of carboxylic acid groups (broad SMARTS) is 1. The van der Waals surface area contributed by atoms with Gasteiger partial charge in [-0.15, -0.1) is 0 Å². The average Bonchev–Trinajstić information content (AvgIpc) is 2.55. The van der Waals surface area contributed by atoms with E-state index < -0.39 is 15.5 Å². The Labute approximate surface area is 138 Å². The molecule has 0 aromatic heterocycles. The molecule has 0 amide bonds. The lowest BCUT2D eigenvalue weighted by Gasteiger charge is -2.05. The topological polar surface area (TPSA) is 65.0 Å². The lowest BCUT2D eigenvalue weighted by molar-refractivity contribution is -0.134. The number of rotatable bonds is 3. The van der Waals surface area contributed by atoms with Crippen LogP contribution in [-0.2, 0) is 18.1 Å². The van der Waals surface area contributed by atoms with Gasteiger partial charge in [-0.3, -0.25) is 4.79 Å². The second kappa shape index (κ2) is 20.6. The molecule has 6 heteroatoms. The first-order valence-electron chi connectivity index (χ1n) is 8.36. The first-order chi connectivity index (χ1) is 10.6. The zero-order valence-electron chi connectivity index (χ0n) is 14.9. The molecule has 0 aliphatic heterocycles. The fourth-order valence-corrected chi connectivity index (χ4v) is 2.81. The molecule has 1 aliphatic rings. The van der Waals surface area contributed by atoms with Crippen molar-refractivity contribution in [1.82, 2.24) is 0 Å². The Morgan fingerprint density at radius 2 is 0.818 bits per heavy atom. The van der Waals surface area contributed by atoms with Gasteiger partial charge in [-0.25, -0.2) is 0 Å². The SMILES string of the molecule is C1CCCCCCCCCC1.CC(=O)O.CO[SiH](OC)OC. The van der Waals surface area contributed by atoms with E-state index in [1.54, 1.807) is 21.3 Å². The van der Waals surface area contributed by atoms with E-state index in [2.05, 4.69) is 0 Å². The van der Waals surface area contributed by atoms with Crippen LogP contribution in [0.3, 0.4) is 0 Å². The van der Waals surface area contributed by atoms with Crippen molar-refractivity contribution in [2.45, 2.75) is 77.6 Å². The molecule has 134 valence electrons. The highest BCUT2D eigenvalue weighted by Gasteiger charge is 2.05. The van der Waals surface area contributed by atoms with Crippen molar-refractivity contribution in [2.24, 2.45) is 0 Å². The Hall–Kier alpha value is -0.433. The summed E-state index contributed by atoms with van der Waals surface area (Å²) in [6.45, 7) is 1.08. The third kappa shape index (κ3) is 24.6. The molecule has 0 heterocycles. The second-order valence-electron chi connectivity index (χ2n) is 5.40. The van der Waals surface area contributed by atoms with Gasteiger partial charge in [0.15, 0.2) is 0 Å². The van der Waals surface area contributed by atoms with Gasteiger partial charge in [-0.2, -0.15) is 0 Å². The summed E-state index contributed by atoms with van der Waals surface area (Å²) in [5.74, 6) is -0.833. The van der Waals surface area contributed by atoms with Crippen LogP contribution >= 0.6 is 0 Å². The molecule has 0 radical (unpaired) electrons. The van der Waals surface area contributed by atoms with Gasteiger partial charge in [0, 0.05) is 28.3 Å². The highest BCUT2D eigenvalue weighted by molar-refractivity contribution is 6.36. The Balaban J connectivity index is 0. The Kier molecular flexibility index (Phi) is 22.3. The monoisotopic (exact) mass is 336 g/mol. The predicted octanol–water partition coefficient (Wildman–Crippen LogP) is 4.02. The van der Waals surface area contributed by atoms with Gasteiger partial charge in [0.25, 0.3) is 5.97 Å². The van der Waals surface area contributed by atoms with Gasteiger partial charge in [-0.05, 0) is 0 Å². The molecule has 0 spiro atoms. The molecule has 0 bridgehead atoms. The summed E-state index contributed by atoms with van der Waals surface area (Å²) in [6, 6.07) is 0. The molecule has 0 saturated heterocycles. The van der Waals surface area contributed by atoms with E-state index in [1.807, 2.05) is 0 Å². The van der Waals surface area contributed by atoms with E-state index >= 15 is 0 Å². The third-order valence-electron chi connectivity index (χ3n) is 3.33. The smallest absolute Gasteiger partial charge is 0.481 e. The van der Waals surface area contributed by atoms with Crippen molar-refractivity contribution in [2.75, 3.05) is 21.3 Å². The van der Waals surface area contributed by atoms with Gasteiger partial charge in [0.2, 0.25) is 0 Å². The van der Waals surface area contributed by atoms with E-state index in [9.17, 15) is 0 Å². The van der Waals surface area contributed by atoms with Crippen LogP contribution in [0.15, 0.2) is 0 Å². The summed E-state index contributed by atoms with van der Waals surface area (Å²) in [5.41, 5.74) is 0. The van der Waals surface area contributed by atoms with Crippen LogP contribution in [0.2, 0.25) is 0 Å². The van der Waals surface area contributed by atoms with Crippen LogP contribution in [0.4, 0.5) is 0 Å². The number of hydrogen-bond acceptors (Lipinski definition) is 4. The van der Waals surface area contributed by atoms with Crippen molar-refractivity contribution < 1.29 is 23.2 Å². The quantitative estimate of drug-likeness (QED) is 0.788.